The van der Waals surface area contributed by atoms with Gasteiger partial charge in [-0.25, -0.2) is 0 Å². The molecule has 1 N–H and O–H groups in total. The molecule has 1 fully saturated rings. The SMILES string of the molecule is O=C(O)/C=C1\[Se]C(N2CCOCC2)=NC1=O. The number of carbonyl (C=O) groups is 2. The second kappa shape index (κ2) is 4.78. The van der Waals surface area contributed by atoms with Gasteiger partial charge in [0, 0.05) is 0 Å². The van der Waals surface area contributed by atoms with Gasteiger partial charge in [-0.05, 0) is 0 Å². The van der Waals surface area contributed by atoms with Gasteiger partial charge < -0.3 is 0 Å². The third-order valence-electron chi connectivity index (χ3n) is 2.15. The van der Waals surface area contributed by atoms with Crippen LogP contribution < -0.4 is 0 Å². The quantitative estimate of drug-likeness (QED) is 0.489. The first-order valence-electron chi connectivity index (χ1n) is 4.75. The van der Waals surface area contributed by atoms with Crippen molar-refractivity contribution in [1.82, 2.24) is 4.90 Å². The molecule has 0 atom stereocenters. The van der Waals surface area contributed by atoms with Crippen LogP contribution in [0.25, 0.3) is 0 Å². The zero-order chi connectivity index (χ0) is 11.5. The van der Waals surface area contributed by atoms with Crippen LogP contribution in [-0.4, -0.2) is 67.9 Å². The van der Waals surface area contributed by atoms with E-state index in [0.29, 0.717) is 35.5 Å². The van der Waals surface area contributed by atoms with Crippen LogP contribution in [-0.2, 0) is 14.3 Å². The zero-order valence-corrected chi connectivity index (χ0v) is 10.1. The van der Waals surface area contributed by atoms with E-state index in [4.69, 9.17) is 9.84 Å². The number of carbonyl (C=O) groups excluding carboxylic acids is 1. The molecule has 6 nitrogen and oxygen atoms in total. The first-order valence-corrected chi connectivity index (χ1v) is 6.46. The second-order valence-electron chi connectivity index (χ2n) is 3.25. The van der Waals surface area contributed by atoms with Crippen molar-refractivity contribution in [3.05, 3.63) is 10.5 Å². The Hall–Kier alpha value is -1.17. The van der Waals surface area contributed by atoms with Crippen LogP contribution in [0.3, 0.4) is 0 Å². The molecule has 2 rings (SSSR count). The number of hydrogen-bond acceptors (Lipinski definition) is 4. The summed E-state index contributed by atoms with van der Waals surface area (Å²) in [6, 6.07) is 0. The Kier molecular flexibility index (Phi) is 3.38. The van der Waals surface area contributed by atoms with Crippen LogP contribution in [0.5, 0.6) is 0 Å². The van der Waals surface area contributed by atoms with Crippen LogP contribution in [0.2, 0.25) is 0 Å². The number of carboxylic acid groups (broad SMARTS) is 1. The molecular formula is C9H10N2O4Se. The Morgan fingerprint density at radius 3 is 2.81 bits per heavy atom. The Morgan fingerprint density at radius 2 is 2.19 bits per heavy atom. The van der Waals surface area contributed by atoms with Gasteiger partial charge in [-0.3, -0.25) is 0 Å². The first-order chi connectivity index (χ1) is 7.66. The Morgan fingerprint density at radius 1 is 1.50 bits per heavy atom. The van der Waals surface area contributed by atoms with E-state index >= 15 is 0 Å². The summed E-state index contributed by atoms with van der Waals surface area (Å²) in [7, 11) is 0. The normalized spacial score (nSPS) is 23.8. The molecule has 1 amide bonds. The molecule has 0 radical (unpaired) electrons. The fourth-order valence-electron chi connectivity index (χ4n) is 1.40. The van der Waals surface area contributed by atoms with E-state index in [0.717, 1.165) is 6.08 Å². The van der Waals surface area contributed by atoms with Crippen molar-refractivity contribution in [2.45, 2.75) is 0 Å². The predicted molar refractivity (Wildman–Crippen MR) is 56.3 cm³/mol. The van der Waals surface area contributed by atoms with E-state index < -0.39 is 11.9 Å². The third kappa shape index (κ3) is 2.49. The summed E-state index contributed by atoms with van der Waals surface area (Å²) >= 11 is -0.285. The molecule has 0 aromatic rings. The van der Waals surface area contributed by atoms with Gasteiger partial charge in [0.1, 0.15) is 0 Å². The van der Waals surface area contributed by atoms with Gasteiger partial charge in [0.05, 0.1) is 0 Å². The van der Waals surface area contributed by atoms with E-state index in [9.17, 15) is 9.59 Å². The average molecular weight is 289 g/mol. The fourth-order valence-corrected chi connectivity index (χ4v) is 3.35. The zero-order valence-electron chi connectivity index (χ0n) is 8.38. The van der Waals surface area contributed by atoms with Gasteiger partial charge in [0.2, 0.25) is 0 Å². The summed E-state index contributed by atoms with van der Waals surface area (Å²) in [5.74, 6) is -1.51. The number of amidine groups is 1. The minimum atomic E-state index is -1.09. The summed E-state index contributed by atoms with van der Waals surface area (Å²) in [6.07, 6.45) is 0.958. The molecule has 0 bridgehead atoms. The average Bonchev–Trinajstić information content (AvgIpc) is 2.61. The van der Waals surface area contributed by atoms with E-state index in [-0.39, 0.29) is 15.0 Å². The number of amides is 1. The molecule has 2 heterocycles. The van der Waals surface area contributed by atoms with Crippen molar-refractivity contribution in [3.8, 4) is 0 Å². The van der Waals surface area contributed by atoms with Crippen LogP contribution in [0, 0.1) is 0 Å². The molecule has 0 spiro atoms. The molecule has 0 aliphatic carbocycles. The van der Waals surface area contributed by atoms with Gasteiger partial charge in [0.25, 0.3) is 0 Å². The number of hydrogen-bond donors (Lipinski definition) is 1. The summed E-state index contributed by atoms with van der Waals surface area (Å²) in [6.45, 7) is 2.69. The molecule has 2 aliphatic heterocycles. The van der Waals surface area contributed by atoms with Crippen molar-refractivity contribution in [2.75, 3.05) is 26.3 Å². The fraction of sp³-hybridized carbons (Fsp3) is 0.444. The number of nitrogens with zero attached hydrogens (tertiary/aromatic N) is 2. The molecule has 0 aromatic carbocycles. The molecule has 2 aliphatic rings. The molecule has 7 heteroatoms. The molecular weight excluding hydrogens is 279 g/mol. The summed E-state index contributed by atoms with van der Waals surface area (Å²) in [4.78, 5) is 27.8. The molecule has 0 aromatic heterocycles. The standard InChI is InChI=1S/C9H10N2O4Se/c12-7(13)5-6-8(14)10-9(16-6)11-1-3-15-4-2-11/h5H,1-4H2,(H,12,13)/b6-5-. The van der Waals surface area contributed by atoms with Crippen molar-refractivity contribution < 1.29 is 19.4 Å². The van der Waals surface area contributed by atoms with Crippen LogP contribution >= 0.6 is 0 Å². The van der Waals surface area contributed by atoms with Gasteiger partial charge in [-0.2, -0.15) is 0 Å². The van der Waals surface area contributed by atoms with E-state index in [1.54, 1.807) is 0 Å². The molecule has 1 saturated heterocycles. The number of morpholine rings is 1. The maximum absolute atomic E-state index is 11.4. The first kappa shape index (κ1) is 11.3. The predicted octanol–water partition coefficient (Wildman–Crippen LogP) is -1.11. The van der Waals surface area contributed by atoms with Crippen LogP contribution in [0.15, 0.2) is 15.5 Å². The van der Waals surface area contributed by atoms with Gasteiger partial charge >= 0.3 is 97.7 Å². The van der Waals surface area contributed by atoms with Gasteiger partial charge in [-0.1, -0.05) is 0 Å². The van der Waals surface area contributed by atoms with E-state index in [1.165, 1.54) is 0 Å². The van der Waals surface area contributed by atoms with Gasteiger partial charge in [0.15, 0.2) is 0 Å². The monoisotopic (exact) mass is 290 g/mol. The van der Waals surface area contributed by atoms with Crippen molar-refractivity contribution in [3.63, 3.8) is 0 Å². The maximum atomic E-state index is 11.4. The Balaban J connectivity index is 2.06. The van der Waals surface area contributed by atoms with Crippen LogP contribution in [0.4, 0.5) is 0 Å². The number of rotatable bonds is 1. The Labute approximate surface area is 98.1 Å². The van der Waals surface area contributed by atoms with E-state index in [1.807, 2.05) is 4.90 Å². The summed E-state index contributed by atoms with van der Waals surface area (Å²) in [5, 5.41) is 8.59. The van der Waals surface area contributed by atoms with Crippen LogP contribution in [0.1, 0.15) is 0 Å². The summed E-state index contributed by atoms with van der Waals surface area (Å²) < 4.78 is 6.22. The number of aliphatic carboxylic acids is 1. The van der Waals surface area contributed by atoms with Crippen molar-refractivity contribution in [2.24, 2.45) is 4.99 Å². The second-order valence-corrected chi connectivity index (χ2v) is 5.37. The third-order valence-corrected chi connectivity index (χ3v) is 4.34. The number of aliphatic imine (C=N–C) groups is 1. The molecule has 0 unspecified atom stereocenters. The summed E-state index contributed by atoms with van der Waals surface area (Å²) in [5.41, 5.74) is 0. The molecule has 0 saturated carbocycles. The minimum absolute atomic E-state index is 0.285. The van der Waals surface area contributed by atoms with Crippen molar-refractivity contribution in [1.29, 1.82) is 0 Å². The van der Waals surface area contributed by atoms with Gasteiger partial charge in [-0.15, -0.1) is 0 Å². The number of ether oxygens (including phenoxy) is 1. The van der Waals surface area contributed by atoms with Crippen molar-refractivity contribution >= 4 is 31.6 Å². The topological polar surface area (TPSA) is 79.2 Å². The Bertz CT molecular complexity index is 385. The molecule has 16 heavy (non-hydrogen) atoms. The van der Waals surface area contributed by atoms with E-state index in [2.05, 4.69) is 4.99 Å². The molecule has 86 valence electrons. The number of carboxylic acids is 1.